The number of aromatic nitrogens is 1. The number of aliphatic carboxylic acids is 1. The van der Waals surface area contributed by atoms with E-state index in [0.717, 1.165) is 16.5 Å². The van der Waals surface area contributed by atoms with Gasteiger partial charge in [0.2, 0.25) is 5.91 Å². The van der Waals surface area contributed by atoms with E-state index in [1.807, 2.05) is 44.3 Å². The van der Waals surface area contributed by atoms with E-state index in [1.54, 1.807) is 0 Å². The number of fused-ring (bicyclic) bond motifs is 1. The minimum absolute atomic E-state index is 0.0884. The maximum atomic E-state index is 12.0. The average molecular weight is 302 g/mol. The zero-order valence-corrected chi connectivity index (χ0v) is 12.9. The molecule has 1 aromatic carbocycles. The molecule has 2 rings (SSSR count). The van der Waals surface area contributed by atoms with Crippen LogP contribution in [0.2, 0.25) is 0 Å². The normalized spacial score (nSPS) is 13.7. The second-order valence-electron chi connectivity index (χ2n) is 5.63. The van der Waals surface area contributed by atoms with Crippen LogP contribution in [0.1, 0.15) is 32.3 Å². The molecule has 5 nitrogen and oxygen atoms in total. The predicted octanol–water partition coefficient (Wildman–Crippen LogP) is 2.72. The molecule has 0 aliphatic heterocycles. The van der Waals surface area contributed by atoms with Gasteiger partial charge in [0, 0.05) is 23.5 Å². The third-order valence-corrected chi connectivity index (χ3v) is 4.09. The maximum Gasteiger partial charge on any atom is 0.326 e. The Labute approximate surface area is 129 Å². The molecule has 0 spiro atoms. The van der Waals surface area contributed by atoms with E-state index in [2.05, 4.69) is 10.3 Å². The molecule has 3 N–H and O–H groups in total. The number of carbonyl (C=O) groups excluding carboxylic acids is 1. The average Bonchev–Trinajstić information content (AvgIpc) is 2.93. The summed E-state index contributed by atoms with van der Waals surface area (Å²) < 4.78 is 0. The summed E-state index contributed by atoms with van der Waals surface area (Å²) in [5.74, 6) is -1.29. The highest BCUT2D eigenvalue weighted by Crippen LogP contribution is 2.19. The van der Waals surface area contributed by atoms with Gasteiger partial charge in [0.05, 0.1) is 0 Å². The van der Waals surface area contributed by atoms with Crippen molar-refractivity contribution < 1.29 is 14.7 Å². The van der Waals surface area contributed by atoms with E-state index in [-0.39, 0.29) is 18.2 Å². The molecule has 0 saturated carbocycles. The van der Waals surface area contributed by atoms with Gasteiger partial charge in [-0.05, 0) is 24.0 Å². The molecule has 0 unspecified atom stereocenters. The van der Waals surface area contributed by atoms with Gasteiger partial charge in [-0.2, -0.15) is 0 Å². The lowest BCUT2D eigenvalue weighted by molar-refractivity contribution is -0.143. The Morgan fingerprint density at radius 1 is 1.32 bits per heavy atom. The van der Waals surface area contributed by atoms with Crippen LogP contribution in [0.3, 0.4) is 0 Å². The van der Waals surface area contributed by atoms with Crippen LogP contribution in [0.4, 0.5) is 0 Å². The molecule has 22 heavy (non-hydrogen) atoms. The van der Waals surface area contributed by atoms with Gasteiger partial charge in [-0.3, -0.25) is 4.79 Å². The first-order valence-corrected chi connectivity index (χ1v) is 7.60. The van der Waals surface area contributed by atoms with Crippen molar-refractivity contribution in [2.75, 3.05) is 0 Å². The van der Waals surface area contributed by atoms with Crippen molar-refractivity contribution in [2.45, 2.75) is 39.2 Å². The summed E-state index contributed by atoms with van der Waals surface area (Å²) in [6.45, 7) is 3.75. The highest BCUT2D eigenvalue weighted by atomic mass is 16.4. The lowest BCUT2D eigenvalue weighted by Crippen LogP contribution is -2.45. The number of carboxylic acids is 1. The Kier molecular flexibility index (Phi) is 5.20. The number of aryl methyl sites for hydroxylation is 1. The number of nitrogens with one attached hydrogen (secondary N) is 2. The summed E-state index contributed by atoms with van der Waals surface area (Å²) in [6.07, 6.45) is 3.48. The predicted molar refractivity (Wildman–Crippen MR) is 85.6 cm³/mol. The van der Waals surface area contributed by atoms with E-state index in [0.29, 0.717) is 12.8 Å². The Morgan fingerprint density at radius 3 is 2.73 bits per heavy atom. The van der Waals surface area contributed by atoms with Gasteiger partial charge in [-0.25, -0.2) is 4.79 Å². The molecular weight excluding hydrogens is 280 g/mol. The largest absolute Gasteiger partial charge is 0.480 e. The first-order valence-electron chi connectivity index (χ1n) is 7.60. The first kappa shape index (κ1) is 16.1. The van der Waals surface area contributed by atoms with Crippen molar-refractivity contribution in [2.24, 2.45) is 5.92 Å². The number of hydrogen-bond acceptors (Lipinski definition) is 2. The fourth-order valence-electron chi connectivity index (χ4n) is 2.52. The molecule has 2 atom stereocenters. The number of para-hydroxylation sites is 1. The highest BCUT2D eigenvalue weighted by molar-refractivity contribution is 5.86. The summed E-state index contributed by atoms with van der Waals surface area (Å²) in [5, 5.41) is 12.9. The van der Waals surface area contributed by atoms with E-state index in [4.69, 9.17) is 0 Å². The minimum Gasteiger partial charge on any atom is -0.480 e. The molecule has 0 bridgehead atoms. The van der Waals surface area contributed by atoms with Crippen LogP contribution >= 0.6 is 0 Å². The van der Waals surface area contributed by atoms with Crippen molar-refractivity contribution in [3.05, 3.63) is 36.0 Å². The molecule has 0 saturated heterocycles. The van der Waals surface area contributed by atoms with Gasteiger partial charge in [0.1, 0.15) is 6.04 Å². The number of carboxylic acid groups (broad SMARTS) is 1. The number of H-pyrrole nitrogens is 1. The third kappa shape index (κ3) is 3.67. The molecule has 1 aromatic heterocycles. The van der Waals surface area contributed by atoms with Crippen molar-refractivity contribution in [1.29, 1.82) is 0 Å². The molecule has 118 valence electrons. The lowest BCUT2D eigenvalue weighted by atomic mass is 9.99. The number of aromatic amines is 1. The fourth-order valence-corrected chi connectivity index (χ4v) is 2.52. The van der Waals surface area contributed by atoms with Crippen LogP contribution in [0.15, 0.2) is 30.5 Å². The highest BCUT2D eigenvalue weighted by Gasteiger charge is 2.25. The summed E-state index contributed by atoms with van der Waals surface area (Å²) in [4.78, 5) is 26.4. The third-order valence-electron chi connectivity index (χ3n) is 4.09. The van der Waals surface area contributed by atoms with Gasteiger partial charge in [-0.15, -0.1) is 0 Å². The van der Waals surface area contributed by atoms with E-state index < -0.39 is 12.0 Å². The Morgan fingerprint density at radius 2 is 2.05 bits per heavy atom. The smallest absolute Gasteiger partial charge is 0.326 e. The van der Waals surface area contributed by atoms with E-state index in [9.17, 15) is 14.7 Å². The van der Waals surface area contributed by atoms with E-state index in [1.165, 1.54) is 0 Å². The SMILES string of the molecule is CC[C@H](C)[C@H](NC(=O)CCc1c[nH]c2ccccc12)C(=O)O. The van der Waals surface area contributed by atoms with E-state index >= 15 is 0 Å². The van der Waals surface area contributed by atoms with Crippen molar-refractivity contribution in [1.82, 2.24) is 10.3 Å². The number of amides is 1. The van der Waals surface area contributed by atoms with Crippen molar-refractivity contribution in [3.63, 3.8) is 0 Å². The standard InChI is InChI=1S/C17H22N2O3/c1-3-11(2)16(17(21)22)19-15(20)9-8-12-10-18-14-7-5-4-6-13(12)14/h4-7,10-11,16,18H,3,8-9H2,1-2H3,(H,19,20)(H,21,22)/t11-,16-/m0/s1. The van der Waals surface area contributed by atoms with Crippen molar-refractivity contribution >= 4 is 22.8 Å². The molecule has 0 radical (unpaired) electrons. The van der Waals surface area contributed by atoms with Gasteiger partial charge >= 0.3 is 5.97 Å². The monoisotopic (exact) mass is 302 g/mol. The van der Waals surface area contributed by atoms with Crippen LogP contribution in [0.5, 0.6) is 0 Å². The molecule has 1 heterocycles. The van der Waals surface area contributed by atoms with Crippen LogP contribution in [0.25, 0.3) is 10.9 Å². The molecule has 2 aromatic rings. The molecule has 1 amide bonds. The number of rotatable bonds is 7. The van der Waals surface area contributed by atoms with Gasteiger partial charge < -0.3 is 15.4 Å². The molecule has 0 fully saturated rings. The lowest BCUT2D eigenvalue weighted by Gasteiger charge is -2.20. The fraction of sp³-hybridized carbons (Fsp3) is 0.412. The molecule has 5 heteroatoms. The topological polar surface area (TPSA) is 82.2 Å². The number of benzene rings is 1. The van der Waals surface area contributed by atoms with Crippen LogP contribution < -0.4 is 5.32 Å². The zero-order chi connectivity index (χ0) is 16.1. The second-order valence-corrected chi connectivity index (χ2v) is 5.63. The number of hydrogen-bond donors (Lipinski definition) is 3. The number of carbonyl (C=O) groups is 2. The molecule has 0 aliphatic rings. The quantitative estimate of drug-likeness (QED) is 0.735. The van der Waals surface area contributed by atoms with Gasteiger partial charge in [0.15, 0.2) is 0 Å². The van der Waals surface area contributed by atoms with Gasteiger partial charge in [-0.1, -0.05) is 38.5 Å². The van der Waals surface area contributed by atoms with Crippen LogP contribution in [0, 0.1) is 5.92 Å². The molecule has 0 aliphatic carbocycles. The Balaban J connectivity index is 1.96. The summed E-state index contributed by atoms with van der Waals surface area (Å²) in [5.41, 5.74) is 2.11. The Hall–Kier alpha value is -2.30. The van der Waals surface area contributed by atoms with Crippen LogP contribution in [-0.2, 0) is 16.0 Å². The van der Waals surface area contributed by atoms with Crippen LogP contribution in [-0.4, -0.2) is 28.0 Å². The minimum atomic E-state index is -0.977. The van der Waals surface area contributed by atoms with Gasteiger partial charge in [0.25, 0.3) is 0 Å². The first-order chi connectivity index (χ1) is 10.5. The zero-order valence-electron chi connectivity index (χ0n) is 12.9. The second kappa shape index (κ2) is 7.11. The Bertz CT molecular complexity index is 663. The summed E-state index contributed by atoms with van der Waals surface area (Å²) in [6, 6.07) is 7.10. The molecular formula is C17H22N2O3. The summed E-state index contributed by atoms with van der Waals surface area (Å²) >= 11 is 0. The maximum absolute atomic E-state index is 12.0. The summed E-state index contributed by atoms with van der Waals surface area (Å²) in [7, 11) is 0. The van der Waals surface area contributed by atoms with Crippen molar-refractivity contribution in [3.8, 4) is 0 Å².